The van der Waals surface area contributed by atoms with Gasteiger partial charge >= 0.3 is 0 Å². The summed E-state index contributed by atoms with van der Waals surface area (Å²) in [5.74, 6) is -2.38. The Morgan fingerprint density at radius 2 is 1.83 bits per heavy atom. The van der Waals surface area contributed by atoms with Crippen molar-refractivity contribution >= 4 is 23.5 Å². The van der Waals surface area contributed by atoms with E-state index in [1.807, 2.05) is 0 Å². The Balaban J connectivity index is 2.70. The molecule has 0 fully saturated rings. The summed E-state index contributed by atoms with van der Waals surface area (Å²) in [6, 6.07) is 5.84. The first-order valence-corrected chi connectivity index (χ1v) is 5.41. The highest BCUT2D eigenvalue weighted by atomic mass is 16.4. The van der Waals surface area contributed by atoms with Crippen LogP contribution >= 0.6 is 0 Å². The minimum atomic E-state index is -1.39. The molecule has 0 bridgehead atoms. The van der Waals surface area contributed by atoms with Gasteiger partial charge in [-0.25, -0.2) is 0 Å². The number of aromatic carboxylic acids is 1. The lowest BCUT2D eigenvalue weighted by Gasteiger charge is -2.11. The first-order chi connectivity index (χ1) is 8.54. The molecule has 0 aliphatic heterocycles. The van der Waals surface area contributed by atoms with E-state index in [1.165, 1.54) is 18.2 Å². The Hall–Kier alpha value is -2.37. The van der Waals surface area contributed by atoms with Crippen molar-refractivity contribution in [3.8, 4) is 0 Å². The molecule has 0 unspecified atom stereocenters. The number of para-hydroxylation sites is 1. The van der Waals surface area contributed by atoms with Crippen LogP contribution in [0.1, 0.15) is 23.7 Å². The fraction of sp³-hybridized carbons (Fsp3) is 0.250. The SMILES string of the molecule is CCNC(=O)CC(=O)Nc1ccccc1C(=O)[O-]. The molecule has 18 heavy (non-hydrogen) atoms. The summed E-state index contributed by atoms with van der Waals surface area (Å²) >= 11 is 0. The van der Waals surface area contributed by atoms with Crippen LogP contribution in [-0.4, -0.2) is 24.3 Å². The van der Waals surface area contributed by atoms with Crippen molar-refractivity contribution < 1.29 is 19.5 Å². The topological polar surface area (TPSA) is 98.3 Å². The van der Waals surface area contributed by atoms with Crippen molar-refractivity contribution in [1.82, 2.24) is 5.32 Å². The third-order valence-corrected chi connectivity index (χ3v) is 2.12. The molecule has 0 radical (unpaired) electrons. The molecule has 1 aromatic carbocycles. The van der Waals surface area contributed by atoms with E-state index in [1.54, 1.807) is 13.0 Å². The highest BCUT2D eigenvalue weighted by Crippen LogP contribution is 2.14. The second-order valence-electron chi connectivity index (χ2n) is 3.51. The van der Waals surface area contributed by atoms with Crippen LogP contribution in [0.5, 0.6) is 0 Å². The lowest BCUT2D eigenvalue weighted by molar-refractivity contribution is -0.254. The monoisotopic (exact) mass is 249 g/mol. The summed E-state index contributed by atoms with van der Waals surface area (Å²) in [6.45, 7) is 2.17. The van der Waals surface area contributed by atoms with Gasteiger partial charge in [-0.3, -0.25) is 9.59 Å². The summed E-state index contributed by atoms with van der Waals surface area (Å²) in [6.07, 6.45) is -0.352. The van der Waals surface area contributed by atoms with E-state index in [-0.39, 0.29) is 17.7 Å². The molecule has 0 spiro atoms. The highest BCUT2D eigenvalue weighted by molar-refractivity contribution is 6.06. The van der Waals surface area contributed by atoms with E-state index in [2.05, 4.69) is 10.6 Å². The lowest BCUT2D eigenvalue weighted by atomic mass is 10.2. The molecule has 1 aromatic rings. The smallest absolute Gasteiger partial charge is 0.233 e. The van der Waals surface area contributed by atoms with Gasteiger partial charge in [0.05, 0.1) is 5.97 Å². The van der Waals surface area contributed by atoms with E-state index in [9.17, 15) is 19.5 Å². The van der Waals surface area contributed by atoms with Crippen LogP contribution in [0.2, 0.25) is 0 Å². The van der Waals surface area contributed by atoms with Crippen LogP contribution in [0.15, 0.2) is 24.3 Å². The van der Waals surface area contributed by atoms with E-state index in [4.69, 9.17) is 0 Å². The number of carboxylic acid groups (broad SMARTS) is 1. The summed E-state index contributed by atoms with van der Waals surface area (Å²) in [5, 5.41) is 15.6. The van der Waals surface area contributed by atoms with Crippen molar-refractivity contribution in [3.05, 3.63) is 29.8 Å². The Bertz CT molecular complexity index is 471. The van der Waals surface area contributed by atoms with Crippen molar-refractivity contribution in [2.24, 2.45) is 0 Å². The molecule has 6 heteroatoms. The van der Waals surface area contributed by atoms with Gasteiger partial charge in [0.1, 0.15) is 6.42 Å². The average Bonchev–Trinajstić information content (AvgIpc) is 2.29. The molecular weight excluding hydrogens is 236 g/mol. The predicted molar refractivity (Wildman–Crippen MR) is 62.7 cm³/mol. The zero-order chi connectivity index (χ0) is 13.5. The first kappa shape index (κ1) is 13.7. The maximum absolute atomic E-state index is 11.5. The van der Waals surface area contributed by atoms with E-state index < -0.39 is 17.8 Å². The van der Waals surface area contributed by atoms with E-state index >= 15 is 0 Å². The molecule has 0 saturated heterocycles. The number of nitrogens with one attached hydrogen (secondary N) is 2. The van der Waals surface area contributed by atoms with Gasteiger partial charge < -0.3 is 20.5 Å². The number of carbonyl (C=O) groups excluding carboxylic acids is 3. The second kappa shape index (κ2) is 6.39. The third kappa shape index (κ3) is 3.89. The maximum atomic E-state index is 11.5. The summed E-state index contributed by atoms with van der Waals surface area (Å²) in [5.41, 5.74) is -0.00597. The molecule has 6 nitrogen and oxygen atoms in total. The lowest BCUT2D eigenvalue weighted by Crippen LogP contribution is -2.29. The molecule has 0 aliphatic rings. The Labute approximate surface area is 104 Å². The van der Waals surface area contributed by atoms with Crippen molar-refractivity contribution in [2.75, 3.05) is 11.9 Å². The summed E-state index contributed by atoms with van der Waals surface area (Å²) in [7, 11) is 0. The number of carbonyl (C=O) groups is 3. The van der Waals surface area contributed by atoms with Crippen molar-refractivity contribution in [2.45, 2.75) is 13.3 Å². The van der Waals surface area contributed by atoms with Crippen molar-refractivity contribution in [1.29, 1.82) is 0 Å². The number of amides is 2. The minimum Gasteiger partial charge on any atom is -0.545 e. The number of hydrogen-bond donors (Lipinski definition) is 2. The van der Waals surface area contributed by atoms with Gasteiger partial charge in [0.25, 0.3) is 0 Å². The van der Waals surface area contributed by atoms with Crippen LogP contribution in [0.25, 0.3) is 0 Å². The van der Waals surface area contributed by atoms with Gasteiger partial charge in [0.2, 0.25) is 11.8 Å². The normalized spacial score (nSPS) is 9.61. The zero-order valence-corrected chi connectivity index (χ0v) is 9.86. The van der Waals surface area contributed by atoms with Gasteiger partial charge in [-0.05, 0) is 13.0 Å². The highest BCUT2D eigenvalue weighted by Gasteiger charge is 2.10. The predicted octanol–water partition coefficient (Wildman–Crippen LogP) is -0.485. The summed E-state index contributed by atoms with van der Waals surface area (Å²) < 4.78 is 0. The standard InChI is InChI=1S/C12H14N2O4/c1-2-13-10(15)7-11(16)14-9-6-4-3-5-8(9)12(17)18/h3-6H,2,7H2,1H3,(H,13,15)(H,14,16)(H,17,18)/p-1. The van der Waals surface area contributed by atoms with Crippen LogP contribution in [0, 0.1) is 0 Å². The molecular formula is C12H13N2O4-. The average molecular weight is 249 g/mol. The fourth-order valence-corrected chi connectivity index (χ4v) is 1.37. The van der Waals surface area contributed by atoms with Gasteiger partial charge in [0, 0.05) is 17.8 Å². The number of anilines is 1. The second-order valence-corrected chi connectivity index (χ2v) is 3.51. The van der Waals surface area contributed by atoms with Crippen LogP contribution in [-0.2, 0) is 9.59 Å². The zero-order valence-electron chi connectivity index (χ0n) is 9.86. The molecule has 1 rings (SSSR count). The first-order valence-electron chi connectivity index (χ1n) is 5.41. The van der Waals surface area contributed by atoms with Crippen LogP contribution in [0.4, 0.5) is 5.69 Å². The number of benzene rings is 1. The van der Waals surface area contributed by atoms with Crippen LogP contribution in [0.3, 0.4) is 0 Å². The van der Waals surface area contributed by atoms with E-state index in [0.29, 0.717) is 6.54 Å². The number of carboxylic acids is 1. The number of hydrogen-bond acceptors (Lipinski definition) is 4. The third-order valence-electron chi connectivity index (χ3n) is 2.12. The Morgan fingerprint density at radius 1 is 1.17 bits per heavy atom. The fourth-order valence-electron chi connectivity index (χ4n) is 1.37. The molecule has 0 atom stereocenters. The maximum Gasteiger partial charge on any atom is 0.233 e. The molecule has 0 saturated carbocycles. The van der Waals surface area contributed by atoms with Crippen LogP contribution < -0.4 is 15.7 Å². The molecule has 0 aromatic heterocycles. The Morgan fingerprint density at radius 3 is 2.44 bits per heavy atom. The van der Waals surface area contributed by atoms with Gasteiger partial charge in [0.15, 0.2) is 0 Å². The van der Waals surface area contributed by atoms with Crippen molar-refractivity contribution in [3.63, 3.8) is 0 Å². The van der Waals surface area contributed by atoms with Gasteiger partial charge in [-0.2, -0.15) is 0 Å². The molecule has 0 aliphatic carbocycles. The largest absolute Gasteiger partial charge is 0.545 e. The number of rotatable bonds is 5. The van der Waals surface area contributed by atoms with E-state index in [0.717, 1.165) is 0 Å². The molecule has 0 heterocycles. The minimum absolute atomic E-state index is 0.117. The quantitative estimate of drug-likeness (QED) is 0.688. The Kier molecular flexibility index (Phi) is 4.86. The molecule has 2 N–H and O–H groups in total. The summed E-state index contributed by atoms with van der Waals surface area (Å²) in [4.78, 5) is 33.4. The van der Waals surface area contributed by atoms with Gasteiger partial charge in [-0.1, -0.05) is 18.2 Å². The van der Waals surface area contributed by atoms with Gasteiger partial charge in [-0.15, -0.1) is 0 Å². The molecule has 96 valence electrons. The molecule has 2 amide bonds.